The van der Waals surface area contributed by atoms with Crippen molar-refractivity contribution < 1.29 is 17.7 Å². The average Bonchev–Trinajstić information content (AvgIpc) is 3.24. The Morgan fingerprint density at radius 1 is 0.931 bits per heavy atom. The van der Waals surface area contributed by atoms with E-state index < -0.39 is 12.1 Å². The smallest absolute Gasteiger partial charge is 0.363 e. The van der Waals surface area contributed by atoms with Gasteiger partial charge in [0.05, 0.1) is 17.8 Å². The zero-order valence-corrected chi connectivity index (χ0v) is 14.6. The molecule has 4 rings (SSSR count). The molecule has 0 atom stereocenters. The van der Waals surface area contributed by atoms with Crippen LogP contribution in [0.2, 0.25) is 0 Å². The van der Waals surface area contributed by atoms with Gasteiger partial charge in [-0.05, 0) is 24.3 Å². The summed E-state index contributed by atoms with van der Waals surface area (Å²) < 4.78 is 41.8. The average molecular weight is 399 g/mol. The molecule has 4 aromatic heterocycles. The van der Waals surface area contributed by atoms with Gasteiger partial charge in [0.25, 0.3) is 0 Å². The summed E-state index contributed by atoms with van der Waals surface area (Å²) in [5, 5.41) is 6.40. The van der Waals surface area contributed by atoms with Gasteiger partial charge in [-0.3, -0.25) is 4.98 Å². The molecule has 4 aromatic rings. The molecule has 0 aromatic carbocycles. The maximum absolute atomic E-state index is 12.5. The molecule has 8 nitrogen and oxygen atoms in total. The van der Waals surface area contributed by atoms with Crippen LogP contribution in [0.15, 0.2) is 59.6 Å². The highest BCUT2D eigenvalue weighted by Gasteiger charge is 2.38. The van der Waals surface area contributed by atoms with E-state index in [4.69, 9.17) is 0 Å². The fourth-order valence-electron chi connectivity index (χ4n) is 2.40. The summed E-state index contributed by atoms with van der Waals surface area (Å²) in [6.45, 7) is 0.268. The van der Waals surface area contributed by atoms with Crippen molar-refractivity contribution >= 4 is 5.82 Å². The van der Waals surface area contributed by atoms with Gasteiger partial charge < -0.3 is 9.84 Å². The number of aromatic nitrogens is 6. The SMILES string of the molecule is FC(F)(F)c1nc(-c2cnc(CNc3cccc(-c4cccnc4)n3)nc2)no1. The Kier molecular flexibility index (Phi) is 4.85. The fraction of sp³-hybridized carbons (Fsp3) is 0.111. The van der Waals surface area contributed by atoms with Crippen LogP contribution in [0.5, 0.6) is 0 Å². The molecule has 0 aliphatic rings. The third kappa shape index (κ3) is 4.34. The van der Waals surface area contributed by atoms with Gasteiger partial charge in [0.15, 0.2) is 0 Å². The van der Waals surface area contributed by atoms with Crippen LogP contribution in [0.4, 0.5) is 19.0 Å². The topological polar surface area (TPSA) is 103 Å². The summed E-state index contributed by atoms with van der Waals surface area (Å²) >= 11 is 0. The normalized spacial score (nSPS) is 11.4. The number of pyridine rings is 2. The molecule has 0 amide bonds. The second kappa shape index (κ2) is 7.62. The van der Waals surface area contributed by atoms with Gasteiger partial charge >= 0.3 is 12.1 Å². The Balaban J connectivity index is 1.43. The first-order valence-corrected chi connectivity index (χ1v) is 8.32. The number of anilines is 1. The van der Waals surface area contributed by atoms with E-state index >= 15 is 0 Å². The number of nitrogens with zero attached hydrogens (tertiary/aromatic N) is 6. The van der Waals surface area contributed by atoms with Crippen LogP contribution in [0, 0.1) is 0 Å². The molecule has 11 heteroatoms. The van der Waals surface area contributed by atoms with Gasteiger partial charge in [0.2, 0.25) is 5.82 Å². The maximum atomic E-state index is 12.5. The number of rotatable bonds is 5. The Morgan fingerprint density at radius 3 is 2.45 bits per heavy atom. The molecular weight excluding hydrogens is 387 g/mol. The fourth-order valence-corrected chi connectivity index (χ4v) is 2.40. The van der Waals surface area contributed by atoms with Gasteiger partial charge in [-0.1, -0.05) is 11.2 Å². The molecule has 146 valence electrons. The Bertz CT molecular complexity index is 1100. The summed E-state index contributed by atoms with van der Waals surface area (Å²) in [6.07, 6.45) is 1.36. The Morgan fingerprint density at radius 2 is 1.76 bits per heavy atom. The zero-order chi connectivity index (χ0) is 20.3. The van der Waals surface area contributed by atoms with E-state index in [-0.39, 0.29) is 17.9 Å². The molecule has 1 N–H and O–H groups in total. The molecule has 0 spiro atoms. The first-order valence-electron chi connectivity index (χ1n) is 8.32. The molecule has 4 heterocycles. The molecule has 0 saturated carbocycles. The molecule has 0 fully saturated rings. The molecule has 29 heavy (non-hydrogen) atoms. The number of alkyl halides is 3. The molecule has 0 saturated heterocycles. The van der Waals surface area contributed by atoms with Gasteiger partial charge in [-0.15, -0.1) is 0 Å². The van der Waals surface area contributed by atoms with Gasteiger partial charge in [0, 0.05) is 30.4 Å². The van der Waals surface area contributed by atoms with Crippen LogP contribution in [-0.2, 0) is 12.7 Å². The van der Waals surface area contributed by atoms with E-state index in [1.807, 2.05) is 24.3 Å². The zero-order valence-electron chi connectivity index (χ0n) is 14.6. The minimum absolute atomic E-state index is 0.213. The van der Waals surface area contributed by atoms with Crippen molar-refractivity contribution in [1.29, 1.82) is 0 Å². The van der Waals surface area contributed by atoms with E-state index in [0.717, 1.165) is 11.3 Å². The molecule has 0 radical (unpaired) electrons. The molecule has 0 bridgehead atoms. The van der Waals surface area contributed by atoms with E-state index in [1.54, 1.807) is 18.5 Å². The molecule has 0 aliphatic heterocycles. The monoisotopic (exact) mass is 399 g/mol. The first-order chi connectivity index (χ1) is 14.0. The third-order valence-corrected chi connectivity index (χ3v) is 3.77. The Labute approximate surface area is 161 Å². The summed E-state index contributed by atoms with van der Waals surface area (Å²) in [7, 11) is 0. The number of hydrogen-bond acceptors (Lipinski definition) is 8. The lowest BCUT2D eigenvalue weighted by Crippen LogP contribution is -2.06. The van der Waals surface area contributed by atoms with Crippen LogP contribution in [0.3, 0.4) is 0 Å². The van der Waals surface area contributed by atoms with E-state index in [1.165, 1.54) is 12.4 Å². The van der Waals surface area contributed by atoms with Crippen molar-refractivity contribution in [1.82, 2.24) is 30.1 Å². The standard InChI is InChI=1S/C18H12F3N7O/c19-18(20,21)17-27-16(28-29-17)12-8-23-15(24-9-12)10-25-14-5-1-4-13(26-14)11-3-2-6-22-7-11/h1-9H,10H2,(H,25,26). The highest BCUT2D eigenvalue weighted by atomic mass is 19.4. The lowest BCUT2D eigenvalue weighted by Gasteiger charge is -2.07. The summed E-state index contributed by atoms with van der Waals surface area (Å²) in [5.41, 5.74) is 1.86. The van der Waals surface area contributed by atoms with Gasteiger partial charge in [-0.25, -0.2) is 15.0 Å². The summed E-state index contributed by atoms with van der Waals surface area (Å²) in [5.74, 6) is -0.616. The number of hydrogen-bond donors (Lipinski definition) is 1. The lowest BCUT2D eigenvalue weighted by atomic mass is 10.2. The Hall–Kier alpha value is -3.89. The summed E-state index contributed by atoms with van der Waals surface area (Å²) in [6, 6.07) is 9.26. The van der Waals surface area contributed by atoms with Crippen LogP contribution < -0.4 is 5.32 Å². The maximum Gasteiger partial charge on any atom is 0.471 e. The van der Waals surface area contributed by atoms with Crippen molar-refractivity contribution in [3.8, 4) is 22.6 Å². The predicted molar refractivity (Wildman–Crippen MR) is 95.1 cm³/mol. The van der Waals surface area contributed by atoms with Crippen molar-refractivity contribution in [2.45, 2.75) is 12.7 Å². The van der Waals surface area contributed by atoms with Crippen LogP contribution in [0.25, 0.3) is 22.6 Å². The number of halogens is 3. The second-order valence-corrected chi connectivity index (χ2v) is 5.81. The molecule has 0 unspecified atom stereocenters. The minimum atomic E-state index is -4.70. The van der Waals surface area contributed by atoms with Crippen molar-refractivity contribution in [2.75, 3.05) is 5.32 Å². The lowest BCUT2D eigenvalue weighted by molar-refractivity contribution is -0.159. The van der Waals surface area contributed by atoms with E-state index in [2.05, 4.69) is 39.9 Å². The predicted octanol–water partition coefficient (Wildman–Crippen LogP) is 3.61. The largest absolute Gasteiger partial charge is 0.471 e. The summed E-state index contributed by atoms with van der Waals surface area (Å²) in [4.78, 5) is 20.1. The van der Waals surface area contributed by atoms with Gasteiger partial charge in [0.1, 0.15) is 11.6 Å². The molecule has 0 aliphatic carbocycles. The van der Waals surface area contributed by atoms with Crippen molar-refractivity contribution in [3.05, 3.63) is 66.8 Å². The van der Waals surface area contributed by atoms with E-state index in [9.17, 15) is 13.2 Å². The quantitative estimate of drug-likeness (QED) is 0.543. The highest BCUT2D eigenvalue weighted by molar-refractivity contribution is 5.60. The van der Waals surface area contributed by atoms with Crippen LogP contribution in [0.1, 0.15) is 11.7 Å². The minimum Gasteiger partial charge on any atom is -0.363 e. The first kappa shape index (κ1) is 18.5. The number of nitrogens with one attached hydrogen (secondary N) is 1. The van der Waals surface area contributed by atoms with Gasteiger partial charge in [-0.2, -0.15) is 18.2 Å². The third-order valence-electron chi connectivity index (χ3n) is 3.77. The van der Waals surface area contributed by atoms with Crippen LogP contribution >= 0.6 is 0 Å². The van der Waals surface area contributed by atoms with E-state index in [0.29, 0.717) is 11.6 Å². The van der Waals surface area contributed by atoms with Crippen LogP contribution in [-0.4, -0.2) is 30.1 Å². The highest BCUT2D eigenvalue weighted by Crippen LogP contribution is 2.29. The van der Waals surface area contributed by atoms with Crippen molar-refractivity contribution in [2.24, 2.45) is 0 Å². The second-order valence-electron chi connectivity index (χ2n) is 5.81. The van der Waals surface area contributed by atoms with Crippen molar-refractivity contribution in [3.63, 3.8) is 0 Å². The molecular formula is C18H12F3N7O.